The second-order valence-corrected chi connectivity index (χ2v) is 4.67. The highest BCUT2D eigenvalue weighted by atomic mass is 16.5. The number of carbonyl (C=O) groups excluding carboxylic acids is 1. The molecule has 0 bridgehead atoms. The minimum Gasteiger partial charge on any atom is -0.463 e. The lowest BCUT2D eigenvalue weighted by molar-refractivity contribution is -0.138. The highest BCUT2D eigenvalue weighted by Gasteiger charge is 2.04. The number of carbonyl (C=O) groups is 1. The summed E-state index contributed by atoms with van der Waals surface area (Å²) in [5.74, 6) is -0.296. The Morgan fingerprint density at radius 1 is 1.00 bits per heavy atom. The Kier molecular flexibility index (Phi) is 5.60. The monoisotopic (exact) mass is 294 g/mol. The van der Waals surface area contributed by atoms with Gasteiger partial charge in [-0.2, -0.15) is 10.2 Å². The van der Waals surface area contributed by atoms with Gasteiger partial charge in [-0.3, -0.25) is 0 Å². The molecule has 0 atom stereocenters. The molecule has 0 saturated heterocycles. The molecule has 0 fully saturated rings. The Morgan fingerprint density at radius 2 is 1.59 bits per heavy atom. The average Bonchev–Trinajstić information content (AvgIpc) is 2.55. The first kappa shape index (κ1) is 15.6. The van der Waals surface area contributed by atoms with E-state index in [1.807, 2.05) is 54.6 Å². The number of hydrogen-bond acceptors (Lipinski definition) is 4. The summed E-state index contributed by atoms with van der Waals surface area (Å²) in [7, 11) is 0. The van der Waals surface area contributed by atoms with E-state index < -0.39 is 0 Å². The zero-order valence-electron chi connectivity index (χ0n) is 12.7. The Labute approximate surface area is 130 Å². The van der Waals surface area contributed by atoms with Crippen LogP contribution in [0, 0.1) is 0 Å². The van der Waals surface area contributed by atoms with Crippen LogP contribution in [0.5, 0.6) is 0 Å². The summed E-state index contributed by atoms with van der Waals surface area (Å²) in [4.78, 5) is 11.5. The van der Waals surface area contributed by atoms with Crippen LogP contribution >= 0.6 is 0 Å². The summed E-state index contributed by atoms with van der Waals surface area (Å²) in [6.07, 6.45) is 1.79. The van der Waals surface area contributed by atoms with Gasteiger partial charge in [-0.25, -0.2) is 4.79 Å². The first-order valence-corrected chi connectivity index (χ1v) is 7.11. The molecule has 0 radical (unpaired) electrons. The van der Waals surface area contributed by atoms with Crippen LogP contribution in [0.25, 0.3) is 6.08 Å². The van der Waals surface area contributed by atoms with Crippen LogP contribution < -0.4 is 0 Å². The summed E-state index contributed by atoms with van der Waals surface area (Å²) < 4.78 is 4.95. The first-order chi connectivity index (χ1) is 10.7. The number of azo groups is 1. The van der Waals surface area contributed by atoms with Crippen molar-refractivity contribution >= 4 is 23.4 Å². The van der Waals surface area contributed by atoms with Crippen LogP contribution in [0.4, 0.5) is 11.4 Å². The lowest BCUT2D eigenvalue weighted by atomic mass is 10.1. The van der Waals surface area contributed by atoms with E-state index >= 15 is 0 Å². The fraction of sp³-hybridized carbons (Fsp3) is 0.167. The van der Waals surface area contributed by atoms with Gasteiger partial charge in [0.1, 0.15) is 0 Å². The Hall–Kier alpha value is -2.75. The molecule has 0 saturated carbocycles. The highest BCUT2D eigenvalue weighted by Crippen LogP contribution is 2.19. The predicted octanol–water partition coefficient (Wildman–Crippen LogP) is 5.07. The van der Waals surface area contributed by atoms with Crippen molar-refractivity contribution in [2.24, 2.45) is 10.2 Å². The maximum Gasteiger partial charge on any atom is 0.333 e. The summed E-state index contributed by atoms with van der Waals surface area (Å²) in [6, 6.07) is 17.1. The Balaban J connectivity index is 2.06. The van der Waals surface area contributed by atoms with Crippen molar-refractivity contribution in [3.8, 4) is 0 Å². The van der Waals surface area contributed by atoms with Gasteiger partial charge in [0.15, 0.2) is 0 Å². The molecule has 0 heterocycles. The Morgan fingerprint density at radius 3 is 2.18 bits per heavy atom. The third kappa shape index (κ3) is 4.66. The van der Waals surface area contributed by atoms with E-state index in [1.54, 1.807) is 19.9 Å². The lowest BCUT2D eigenvalue weighted by Gasteiger charge is -2.01. The van der Waals surface area contributed by atoms with Gasteiger partial charge in [0.05, 0.1) is 18.0 Å². The number of hydrogen-bond donors (Lipinski definition) is 0. The van der Waals surface area contributed by atoms with Gasteiger partial charge in [-0.05, 0) is 49.8 Å². The van der Waals surface area contributed by atoms with Crippen LogP contribution in [0.3, 0.4) is 0 Å². The topological polar surface area (TPSA) is 51.0 Å². The summed E-state index contributed by atoms with van der Waals surface area (Å²) >= 11 is 0. The lowest BCUT2D eigenvalue weighted by Crippen LogP contribution is -2.04. The normalized spacial score (nSPS) is 11.6. The van der Waals surface area contributed by atoms with Crippen molar-refractivity contribution in [2.45, 2.75) is 13.8 Å². The zero-order valence-corrected chi connectivity index (χ0v) is 12.7. The van der Waals surface area contributed by atoms with E-state index in [-0.39, 0.29) is 5.97 Å². The molecule has 22 heavy (non-hydrogen) atoms. The van der Waals surface area contributed by atoms with E-state index in [1.165, 1.54) is 0 Å². The van der Waals surface area contributed by atoms with Crippen molar-refractivity contribution in [3.63, 3.8) is 0 Å². The highest BCUT2D eigenvalue weighted by molar-refractivity contribution is 5.93. The number of ether oxygens (including phenoxy) is 1. The third-order valence-electron chi connectivity index (χ3n) is 2.91. The molecule has 2 aromatic rings. The molecule has 0 N–H and O–H groups in total. The van der Waals surface area contributed by atoms with Crippen LogP contribution in [0.15, 0.2) is 70.4 Å². The maximum absolute atomic E-state index is 11.5. The largest absolute Gasteiger partial charge is 0.463 e. The van der Waals surface area contributed by atoms with E-state index in [0.717, 1.165) is 16.9 Å². The first-order valence-electron chi connectivity index (χ1n) is 7.11. The standard InChI is InChI=1S/C18H18N2O2/c1-3-22-18(21)14(2)13-15-9-11-17(12-10-15)20-19-16-7-5-4-6-8-16/h4-13H,3H2,1-2H3/b14-13+,20-19?. The van der Waals surface area contributed by atoms with Crippen LogP contribution in [0.2, 0.25) is 0 Å². The molecule has 4 heteroatoms. The van der Waals surface area contributed by atoms with Gasteiger partial charge in [0.2, 0.25) is 0 Å². The average molecular weight is 294 g/mol. The van der Waals surface area contributed by atoms with Gasteiger partial charge >= 0.3 is 5.97 Å². The second kappa shape index (κ2) is 7.88. The molecule has 2 aromatic carbocycles. The molecular weight excluding hydrogens is 276 g/mol. The van der Waals surface area contributed by atoms with Gasteiger partial charge in [0, 0.05) is 5.57 Å². The fourth-order valence-electron chi connectivity index (χ4n) is 1.80. The van der Waals surface area contributed by atoms with E-state index in [4.69, 9.17) is 4.74 Å². The molecule has 112 valence electrons. The fourth-order valence-corrected chi connectivity index (χ4v) is 1.80. The Bertz CT molecular complexity index is 674. The van der Waals surface area contributed by atoms with Crippen LogP contribution in [-0.2, 0) is 9.53 Å². The van der Waals surface area contributed by atoms with E-state index in [2.05, 4.69) is 10.2 Å². The summed E-state index contributed by atoms with van der Waals surface area (Å²) in [6.45, 7) is 3.90. The quantitative estimate of drug-likeness (QED) is 0.439. The van der Waals surface area contributed by atoms with Crippen LogP contribution in [0.1, 0.15) is 19.4 Å². The van der Waals surface area contributed by atoms with Gasteiger partial charge in [0.25, 0.3) is 0 Å². The smallest absolute Gasteiger partial charge is 0.333 e. The zero-order chi connectivity index (χ0) is 15.8. The van der Waals surface area contributed by atoms with Gasteiger partial charge < -0.3 is 4.74 Å². The summed E-state index contributed by atoms with van der Waals surface area (Å²) in [5, 5.41) is 8.33. The molecule has 0 aliphatic heterocycles. The molecule has 0 aliphatic carbocycles. The molecular formula is C18H18N2O2. The van der Waals surface area contributed by atoms with Crippen molar-refractivity contribution < 1.29 is 9.53 Å². The molecule has 4 nitrogen and oxygen atoms in total. The maximum atomic E-state index is 11.5. The molecule has 0 unspecified atom stereocenters. The van der Waals surface area contributed by atoms with Crippen LogP contribution in [-0.4, -0.2) is 12.6 Å². The molecule has 2 rings (SSSR count). The van der Waals surface area contributed by atoms with Crippen molar-refractivity contribution in [1.82, 2.24) is 0 Å². The molecule has 0 aliphatic rings. The number of rotatable bonds is 5. The third-order valence-corrected chi connectivity index (χ3v) is 2.91. The van der Waals surface area contributed by atoms with E-state index in [0.29, 0.717) is 12.2 Å². The molecule has 0 spiro atoms. The van der Waals surface area contributed by atoms with E-state index in [9.17, 15) is 4.79 Å². The van der Waals surface area contributed by atoms with Crippen molar-refractivity contribution in [3.05, 3.63) is 65.7 Å². The molecule has 0 aromatic heterocycles. The summed E-state index contributed by atoms with van der Waals surface area (Å²) in [5.41, 5.74) is 3.06. The van der Waals surface area contributed by atoms with Gasteiger partial charge in [-0.15, -0.1) is 0 Å². The van der Waals surface area contributed by atoms with Crippen molar-refractivity contribution in [1.29, 1.82) is 0 Å². The number of nitrogens with zero attached hydrogens (tertiary/aromatic N) is 2. The number of esters is 1. The number of benzene rings is 2. The SMILES string of the molecule is CCOC(=O)/C(C)=C/c1ccc(N=Nc2ccccc2)cc1. The van der Waals surface area contributed by atoms with Crippen molar-refractivity contribution in [2.75, 3.05) is 6.61 Å². The second-order valence-electron chi connectivity index (χ2n) is 4.67. The molecule has 0 amide bonds. The van der Waals surface area contributed by atoms with Gasteiger partial charge in [-0.1, -0.05) is 30.3 Å². The minimum absolute atomic E-state index is 0.296. The minimum atomic E-state index is -0.296. The predicted molar refractivity (Wildman–Crippen MR) is 87.3 cm³/mol.